The Balaban J connectivity index is 0.000000170. The minimum Gasteiger partial charge on any atom is -0.302 e. The van der Waals surface area contributed by atoms with E-state index < -0.39 is 0 Å². The van der Waals surface area contributed by atoms with E-state index in [2.05, 4.69) is 70.5 Å². The van der Waals surface area contributed by atoms with Gasteiger partial charge in [0.2, 0.25) is 0 Å². The normalized spacial score (nSPS) is 18.8. The number of piperidine rings is 2. The molecule has 0 saturated carbocycles. The molecule has 0 amide bonds. The van der Waals surface area contributed by atoms with E-state index in [0.29, 0.717) is 0 Å². The predicted molar refractivity (Wildman–Crippen MR) is 263 cm³/mol. The zero-order valence-corrected chi connectivity index (χ0v) is 38.7. The topological polar surface area (TPSA) is 42.1 Å². The predicted octanol–water partition coefficient (Wildman–Crippen LogP) is 12.4. The molecule has 2 aliphatic rings. The van der Waals surface area contributed by atoms with Crippen molar-refractivity contribution in [3.05, 3.63) is 227 Å². The third kappa shape index (κ3) is 11.4. The molecule has 348 valence electrons. The highest BCUT2D eigenvalue weighted by molar-refractivity contribution is 5.61. The maximum absolute atomic E-state index is 13.7. The van der Waals surface area contributed by atoms with Crippen LogP contribution in [-0.4, -0.2) is 68.6 Å². The highest BCUT2D eigenvalue weighted by atomic mass is 19.1. The van der Waals surface area contributed by atoms with Gasteiger partial charge in [-0.2, -0.15) is 10.2 Å². The van der Waals surface area contributed by atoms with Gasteiger partial charge in [0.1, 0.15) is 23.3 Å². The van der Waals surface area contributed by atoms with E-state index in [0.717, 1.165) is 110 Å². The van der Waals surface area contributed by atoms with Crippen molar-refractivity contribution in [2.75, 3.05) is 39.3 Å². The van der Waals surface area contributed by atoms with Crippen LogP contribution in [0.15, 0.2) is 170 Å². The van der Waals surface area contributed by atoms with Crippen molar-refractivity contribution in [2.24, 2.45) is 14.1 Å². The van der Waals surface area contributed by atoms with Crippen LogP contribution in [0.25, 0.3) is 22.5 Å². The molecule has 2 aromatic heterocycles. The minimum absolute atomic E-state index is 0.212. The fraction of sp³-hybridized carbons (Fsp3) is 0.276. The summed E-state index contributed by atoms with van der Waals surface area (Å²) in [4.78, 5) is 5.04. The van der Waals surface area contributed by atoms with Crippen LogP contribution >= 0.6 is 0 Å². The Morgan fingerprint density at radius 2 is 0.897 bits per heavy atom. The molecule has 6 aromatic carbocycles. The van der Waals surface area contributed by atoms with Gasteiger partial charge in [-0.05, 0) is 152 Å². The lowest BCUT2D eigenvalue weighted by Crippen LogP contribution is -2.40. The van der Waals surface area contributed by atoms with Crippen molar-refractivity contribution in [3.8, 4) is 22.5 Å². The van der Waals surface area contributed by atoms with Gasteiger partial charge in [-0.25, -0.2) is 17.6 Å². The molecule has 10 heteroatoms. The molecular formula is C58H58F4N6. The summed E-state index contributed by atoms with van der Waals surface area (Å²) in [6, 6.07) is 52.3. The Morgan fingerprint density at radius 3 is 1.40 bits per heavy atom. The fourth-order valence-corrected chi connectivity index (χ4v) is 10.3. The van der Waals surface area contributed by atoms with Gasteiger partial charge in [0.05, 0.1) is 17.1 Å². The second-order valence-electron chi connectivity index (χ2n) is 18.3. The average molecular weight is 915 g/mol. The first-order chi connectivity index (χ1) is 33.1. The van der Waals surface area contributed by atoms with Crippen LogP contribution in [0.4, 0.5) is 17.6 Å². The van der Waals surface area contributed by atoms with Crippen molar-refractivity contribution in [2.45, 2.75) is 49.4 Å². The second kappa shape index (κ2) is 21.6. The molecule has 0 spiro atoms. The summed E-state index contributed by atoms with van der Waals surface area (Å²) in [6.45, 7) is 5.83. The number of aryl methyl sites for hydroxylation is 2. The van der Waals surface area contributed by atoms with Crippen molar-refractivity contribution in [3.63, 3.8) is 0 Å². The van der Waals surface area contributed by atoms with E-state index in [9.17, 15) is 17.6 Å². The number of hydrogen-bond acceptors (Lipinski definition) is 4. The zero-order valence-electron chi connectivity index (χ0n) is 38.7. The van der Waals surface area contributed by atoms with E-state index >= 15 is 0 Å². The molecule has 2 saturated heterocycles. The lowest BCUT2D eigenvalue weighted by molar-refractivity contribution is 0.188. The number of nitrogens with zero attached hydrogens (tertiary/aromatic N) is 6. The first kappa shape index (κ1) is 46.5. The lowest BCUT2D eigenvalue weighted by atomic mass is 9.78. The van der Waals surface area contributed by atoms with Crippen LogP contribution in [0.2, 0.25) is 0 Å². The van der Waals surface area contributed by atoms with Crippen LogP contribution in [0.5, 0.6) is 0 Å². The molecule has 0 radical (unpaired) electrons. The molecule has 0 bridgehead atoms. The fourth-order valence-electron chi connectivity index (χ4n) is 10.3. The second-order valence-corrected chi connectivity index (χ2v) is 18.3. The van der Waals surface area contributed by atoms with Gasteiger partial charge in [0.15, 0.2) is 0 Å². The highest BCUT2D eigenvalue weighted by Gasteiger charge is 2.35. The summed E-state index contributed by atoms with van der Waals surface area (Å²) in [5.41, 5.74) is 10.9. The number of likely N-dealkylation sites (tertiary alicyclic amines) is 2. The molecule has 2 fully saturated rings. The van der Waals surface area contributed by atoms with E-state index in [1.54, 1.807) is 48.5 Å². The third-order valence-corrected chi connectivity index (χ3v) is 14.0. The summed E-state index contributed by atoms with van der Waals surface area (Å²) in [5, 5.41) is 9.62. The Labute approximate surface area is 397 Å². The number of rotatable bonds is 12. The number of hydrogen-bond donors (Lipinski definition) is 0. The van der Waals surface area contributed by atoms with Gasteiger partial charge in [0.25, 0.3) is 0 Å². The van der Waals surface area contributed by atoms with E-state index in [-0.39, 0.29) is 46.9 Å². The van der Waals surface area contributed by atoms with Gasteiger partial charge < -0.3 is 9.80 Å². The Kier molecular flexibility index (Phi) is 14.7. The Morgan fingerprint density at radius 1 is 0.456 bits per heavy atom. The van der Waals surface area contributed by atoms with Crippen LogP contribution < -0.4 is 0 Å². The van der Waals surface area contributed by atoms with Crippen molar-refractivity contribution in [1.29, 1.82) is 0 Å². The molecule has 10 rings (SSSR count). The standard InChI is InChI=1S/2C29H29F2N3/c1-33-29(23-9-13-25(31)14-10-23)19-28(32-33)26-16-18-34(17-15-21-5-3-2-4-6-21)20-27(26)22-7-11-24(30)12-8-22;1-33-29(19-28(32-33)23-9-13-25(31)14-10-23)26-16-18-34(17-15-21-5-3-2-4-6-21)20-27(26)22-7-11-24(30)12-8-22/h2*2-14,19,26-27H,15-18,20H2,1H3/t2*26-,27+/m11/s1. The summed E-state index contributed by atoms with van der Waals surface area (Å²) in [5.74, 6) is 0.0424. The smallest absolute Gasteiger partial charge is 0.123 e. The van der Waals surface area contributed by atoms with Crippen LogP contribution in [0.1, 0.15) is 70.2 Å². The van der Waals surface area contributed by atoms with Crippen LogP contribution in [-0.2, 0) is 26.9 Å². The number of halogens is 4. The van der Waals surface area contributed by atoms with Crippen molar-refractivity contribution < 1.29 is 17.6 Å². The SMILES string of the molecule is Cn1nc(-c2ccc(F)cc2)cc1[C@@H]1CCN(CCc2ccccc2)C[C@H]1c1ccc(F)cc1.Cn1nc([C@@H]2CCN(CCc3ccccc3)C[C@H]2c2ccc(F)cc2)cc1-c1ccc(F)cc1. The Bertz CT molecular complexity index is 2830. The minimum atomic E-state index is -0.251. The molecule has 6 nitrogen and oxygen atoms in total. The number of benzene rings is 6. The number of aromatic nitrogens is 4. The molecule has 4 atom stereocenters. The van der Waals surface area contributed by atoms with E-state index in [1.807, 2.05) is 59.9 Å². The zero-order chi connectivity index (χ0) is 47.0. The van der Waals surface area contributed by atoms with Crippen molar-refractivity contribution >= 4 is 0 Å². The molecule has 8 aromatic rings. The average Bonchev–Trinajstić information content (AvgIpc) is 3.96. The highest BCUT2D eigenvalue weighted by Crippen LogP contribution is 2.42. The molecule has 0 N–H and O–H groups in total. The first-order valence-electron chi connectivity index (χ1n) is 23.8. The largest absolute Gasteiger partial charge is 0.302 e. The van der Waals surface area contributed by atoms with Gasteiger partial charge in [-0.3, -0.25) is 9.36 Å². The maximum Gasteiger partial charge on any atom is 0.123 e. The molecule has 0 unspecified atom stereocenters. The van der Waals surface area contributed by atoms with E-state index in [1.165, 1.54) is 35.4 Å². The summed E-state index contributed by atoms with van der Waals surface area (Å²) in [6.07, 6.45) is 4.01. The van der Waals surface area contributed by atoms with E-state index in [4.69, 9.17) is 10.2 Å². The van der Waals surface area contributed by atoms with Crippen molar-refractivity contribution in [1.82, 2.24) is 29.4 Å². The molecule has 68 heavy (non-hydrogen) atoms. The van der Waals surface area contributed by atoms with Gasteiger partial charge in [0, 0.05) is 75.2 Å². The summed E-state index contributed by atoms with van der Waals surface area (Å²) < 4.78 is 58.0. The van der Waals surface area contributed by atoms with Crippen LogP contribution in [0.3, 0.4) is 0 Å². The van der Waals surface area contributed by atoms with Gasteiger partial charge in [-0.15, -0.1) is 0 Å². The molecule has 2 aliphatic heterocycles. The first-order valence-corrected chi connectivity index (χ1v) is 23.8. The van der Waals surface area contributed by atoms with Gasteiger partial charge >= 0.3 is 0 Å². The maximum atomic E-state index is 13.7. The molecule has 4 heterocycles. The Hall–Kier alpha value is -6.62. The third-order valence-electron chi connectivity index (χ3n) is 14.0. The van der Waals surface area contributed by atoms with Gasteiger partial charge in [-0.1, -0.05) is 84.9 Å². The summed E-state index contributed by atoms with van der Waals surface area (Å²) >= 11 is 0. The monoisotopic (exact) mass is 914 g/mol. The van der Waals surface area contributed by atoms with Crippen LogP contribution in [0, 0.1) is 23.3 Å². The quantitative estimate of drug-likeness (QED) is 0.115. The lowest BCUT2D eigenvalue weighted by Gasteiger charge is -2.39. The molecule has 0 aliphatic carbocycles. The molecular weight excluding hydrogens is 857 g/mol. The summed E-state index contributed by atoms with van der Waals surface area (Å²) in [7, 11) is 3.91.